The molecular weight excluding hydrogens is 453 g/mol. The third-order valence-corrected chi connectivity index (χ3v) is 7.47. The second kappa shape index (κ2) is 9.82. The Morgan fingerprint density at radius 2 is 1.67 bits per heavy atom. The highest BCUT2D eigenvalue weighted by Gasteiger charge is 2.30. The van der Waals surface area contributed by atoms with Gasteiger partial charge in [-0.1, -0.05) is 30.7 Å². The maximum atomic E-state index is 13.7. The lowest BCUT2D eigenvalue weighted by Crippen LogP contribution is -2.48. The zero-order valence-corrected chi connectivity index (χ0v) is 20.4. The molecule has 3 heterocycles. The van der Waals surface area contributed by atoms with Crippen molar-refractivity contribution in [1.82, 2.24) is 24.6 Å². The zero-order valence-electron chi connectivity index (χ0n) is 20.4. The minimum atomic E-state index is -0.273. The number of piperazine rings is 1. The normalized spacial score (nSPS) is 16.6. The fourth-order valence-electron chi connectivity index (χ4n) is 5.54. The van der Waals surface area contributed by atoms with Gasteiger partial charge in [-0.3, -0.25) is 14.7 Å². The number of pyridine rings is 1. The van der Waals surface area contributed by atoms with Gasteiger partial charge < -0.3 is 4.90 Å². The van der Waals surface area contributed by atoms with Crippen LogP contribution in [0.3, 0.4) is 0 Å². The molecule has 1 fully saturated rings. The maximum absolute atomic E-state index is 13.7. The second-order valence-electron chi connectivity index (χ2n) is 9.78. The van der Waals surface area contributed by atoms with Crippen molar-refractivity contribution in [2.75, 3.05) is 26.2 Å². The molecule has 0 N–H and O–H groups in total. The summed E-state index contributed by atoms with van der Waals surface area (Å²) < 4.78 is 15.4. The predicted octanol–water partition coefficient (Wildman–Crippen LogP) is 4.79. The first-order valence-electron chi connectivity index (χ1n) is 12.9. The maximum Gasteiger partial charge on any atom is 0.274 e. The third kappa shape index (κ3) is 4.39. The van der Waals surface area contributed by atoms with Crippen LogP contribution in [-0.4, -0.2) is 56.7 Å². The molecule has 2 aromatic heterocycles. The first-order chi connectivity index (χ1) is 17.7. The minimum absolute atomic E-state index is 0.0143. The molecular formula is C29H30FN5O. The number of carbonyl (C=O) groups excluding carboxylic acids is 1. The number of para-hydroxylation sites is 1. The van der Waals surface area contributed by atoms with E-state index in [1.54, 1.807) is 12.1 Å². The second-order valence-corrected chi connectivity index (χ2v) is 9.78. The van der Waals surface area contributed by atoms with Crippen LogP contribution < -0.4 is 0 Å². The molecule has 0 atom stereocenters. The average Bonchev–Trinajstić information content (AvgIpc) is 3.10. The van der Waals surface area contributed by atoms with E-state index in [0.29, 0.717) is 18.8 Å². The van der Waals surface area contributed by atoms with Crippen molar-refractivity contribution >= 4 is 16.8 Å². The number of rotatable bonds is 4. The SMILES string of the molecule is O=C(c1nn(-c2ccc(F)cc2)c2c1CCCCC2)N1CCN(Cc2cccc3cccnc23)CC1. The third-order valence-electron chi connectivity index (χ3n) is 7.47. The molecule has 4 aromatic rings. The molecule has 0 unspecified atom stereocenters. The molecule has 2 aromatic carbocycles. The summed E-state index contributed by atoms with van der Waals surface area (Å²) in [4.78, 5) is 22.6. The monoisotopic (exact) mass is 483 g/mol. The summed E-state index contributed by atoms with van der Waals surface area (Å²) in [7, 11) is 0. The number of hydrogen-bond acceptors (Lipinski definition) is 4. The molecule has 6 nitrogen and oxygen atoms in total. The number of nitrogens with zero attached hydrogens (tertiary/aromatic N) is 5. The van der Waals surface area contributed by atoms with Crippen molar-refractivity contribution in [1.29, 1.82) is 0 Å². The number of amides is 1. The summed E-state index contributed by atoms with van der Waals surface area (Å²) in [6.45, 7) is 3.81. The molecule has 6 rings (SSSR count). The molecule has 1 aliphatic heterocycles. The fraction of sp³-hybridized carbons (Fsp3) is 0.345. The van der Waals surface area contributed by atoms with Gasteiger partial charge in [0.2, 0.25) is 0 Å². The van der Waals surface area contributed by atoms with Crippen LogP contribution in [0.25, 0.3) is 16.6 Å². The Morgan fingerprint density at radius 3 is 2.50 bits per heavy atom. The van der Waals surface area contributed by atoms with Gasteiger partial charge in [0.05, 0.1) is 11.2 Å². The Bertz CT molecular complexity index is 1380. The highest BCUT2D eigenvalue weighted by Crippen LogP contribution is 2.28. The van der Waals surface area contributed by atoms with E-state index in [2.05, 4.69) is 34.1 Å². The summed E-state index contributed by atoms with van der Waals surface area (Å²) in [5.41, 5.74) is 5.82. The summed E-state index contributed by atoms with van der Waals surface area (Å²) >= 11 is 0. The Labute approximate surface area is 210 Å². The molecule has 0 bridgehead atoms. The Morgan fingerprint density at radius 1 is 0.889 bits per heavy atom. The van der Waals surface area contributed by atoms with E-state index in [0.717, 1.165) is 79.6 Å². The summed E-state index contributed by atoms with van der Waals surface area (Å²) in [6, 6.07) is 16.8. The van der Waals surface area contributed by atoms with Crippen LogP contribution in [0.1, 0.15) is 46.6 Å². The van der Waals surface area contributed by atoms with Gasteiger partial charge in [-0.2, -0.15) is 5.10 Å². The van der Waals surface area contributed by atoms with Gasteiger partial charge in [0.15, 0.2) is 5.69 Å². The topological polar surface area (TPSA) is 54.3 Å². The summed E-state index contributed by atoms with van der Waals surface area (Å²) in [5.74, 6) is -0.258. The van der Waals surface area contributed by atoms with Gasteiger partial charge in [-0.25, -0.2) is 9.07 Å². The predicted molar refractivity (Wildman–Crippen MR) is 138 cm³/mol. The molecule has 1 amide bonds. The van der Waals surface area contributed by atoms with Gasteiger partial charge in [0, 0.05) is 55.6 Å². The van der Waals surface area contributed by atoms with Crippen LogP contribution in [0.2, 0.25) is 0 Å². The number of halogens is 1. The van der Waals surface area contributed by atoms with Crippen molar-refractivity contribution in [2.45, 2.75) is 38.6 Å². The van der Waals surface area contributed by atoms with Gasteiger partial charge >= 0.3 is 0 Å². The van der Waals surface area contributed by atoms with E-state index < -0.39 is 0 Å². The minimum Gasteiger partial charge on any atom is -0.335 e. The lowest BCUT2D eigenvalue weighted by molar-refractivity contribution is 0.0621. The summed E-state index contributed by atoms with van der Waals surface area (Å²) in [6.07, 6.45) is 6.89. The van der Waals surface area contributed by atoms with Crippen LogP contribution >= 0.6 is 0 Å². The van der Waals surface area contributed by atoms with Crippen LogP contribution in [0, 0.1) is 5.82 Å². The first kappa shape index (κ1) is 22.9. The van der Waals surface area contributed by atoms with E-state index in [1.807, 2.05) is 21.8 Å². The van der Waals surface area contributed by atoms with Gasteiger partial charge in [0.1, 0.15) is 5.82 Å². The van der Waals surface area contributed by atoms with E-state index in [9.17, 15) is 9.18 Å². The average molecular weight is 484 g/mol. The van der Waals surface area contributed by atoms with Crippen molar-refractivity contribution in [2.24, 2.45) is 0 Å². The van der Waals surface area contributed by atoms with E-state index in [1.165, 1.54) is 17.7 Å². The zero-order chi connectivity index (χ0) is 24.5. The molecule has 0 saturated carbocycles. The highest BCUT2D eigenvalue weighted by molar-refractivity contribution is 5.94. The van der Waals surface area contributed by atoms with Gasteiger partial charge in [-0.05, 0) is 61.6 Å². The largest absolute Gasteiger partial charge is 0.335 e. The molecule has 2 aliphatic rings. The number of carbonyl (C=O) groups is 1. The smallest absolute Gasteiger partial charge is 0.274 e. The molecule has 7 heteroatoms. The fourth-order valence-corrected chi connectivity index (χ4v) is 5.54. The summed E-state index contributed by atoms with van der Waals surface area (Å²) in [5, 5.41) is 5.96. The first-order valence-corrected chi connectivity index (χ1v) is 12.9. The van der Waals surface area contributed by atoms with Crippen molar-refractivity contribution in [3.05, 3.63) is 89.1 Å². The van der Waals surface area contributed by atoms with Crippen LogP contribution in [0.4, 0.5) is 4.39 Å². The quantitative estimate of drug-likeness (QED) is 0.392. The molecule has 1 saturated heterocycles. The van der Waals surface area contributed by atoms with Gasteiger partial charge in [-0.15, -0.1) is 0 Å². The van der Waals surface area contributed by atoms with Crippen LogP contribution in [-0.2, 0) is 19.4 Å². The molecule has 36 heavy (non-hydrogen) atoms. The number of fused-ring (bicyclic) bond motifs is 2. The number of benzene rings is 2. The van der Waals surface area contributed by atoms with Crippen molar-refractivity contribution < 1.29 is 9.18 Å². The molecule has 0 radical (unpaired) electrons. The Kier molecular flexibility index (Phi) is 6.23. The van der Waals surface area contributed by atoms with Crippen molar-refractivity contribution in [3.63, 3.8) is 0 Å². The van der Waals surface area contributed by atoms with Crippen molar-refractivity contribution in [3.8, 4) is 5.69 Å². The lowest BCUT2D eigenvalue weighted by atomic mass is 10.1. The van der Waals surface area contributed by atoms with Gasteiger partial charge in [0.25, 0.3) is 5.91 Å². The van der Waals surface area contributed by atoms with E-state index >= 15 is 0 Å². The highest BCUT2D eigenvalue weighted by atomic mass is 19.1. The Hall–Kier alpha value is -3.58. The van der Waals surface area contributed by atoms with Crippen LogP contribution in [0.5, 0.6) is 0 Å². The van der Waals surface area contributed by atoms with E-state index in [-0.39, 0.29) is 11.7 Å². The molecule has 1 aliphatic carbocycles. The van der Waals surface area contributed by atoms with E-state index in [4.69, 9.17) is 5.10 Å². The Balaban J connectivity index is 1.20. The number of aromatic nitrogens is 3. The lowest BCUT2D eigenvalue weighted by Gasteiger charge is -2.34. The molecule has 184 valence electrons. The molecule has 0 spiro atoms. The number of hydrogen-bond donors (Lipinski definition) is 0. The van der Waals surface area contributed by atoms with Crippen LogP contribution in [0.15, 0.2) is 60.8 Å². The standard InChI is InChI=1S/C29H30FN5O/c30-23-11-13-24(14-12-23)35-26-10-3-1-2-9-25(26)28(32-35)29(36)34-18-16-33(17-19-34)20-22-7-4-6-21-8-5-15-31-27(21)22/h4-8,11-15H,1-3,9-10,16-20H2.